The molecular formula is C29H29N5O6. The molecule has 0 fully saturated rings. The second-order valence-corrected chi connectivity index (χ2v) is 9.73. The van der Waals surface area contributed by atoms with Gasteiger partial charge in [0.15, 0.2) is 11.5 Å². The van der Waals surface area contributed by atoms with Crippen molar-refractivity contribution in [2.24, 2.45) is 0 Å². The number of carbonyl (C=O) groups is 2. The Hall–Kier alpha value is -4.90. The predicted molar refractivity (Wildman–Crippen MR) is 153 cm³/mol. The van der Waals surface area contributed by atoms with Gasteiger partial charge in [0.1, 0.15) is 13.2 Å². The quantitative estimate of drug-likeness (QED) is 0.246. The van der Waals surface area contributed by atoms with Crippen molar-refractivity contribution in [3.05, 3.63) is 81.9 Å². The Morgan fingerprint density at radius 2 is 1.73 bits per heavy atom. The van der Waals surface area contributed by atoms with Gasteiger partial charge in [-0.3, -0.25) is 19.7 Å². The van der Waals surface area contributed by atoms with Crippen LogP contribution in [0.3, 0.4) is 0 Å². The van der Waals surface area contributed by atoms with Crippen molar-refractivity contribution in [1.29, 1.82) is 0 Å². The largest absolute Gasteiger partial charge is 0.486 e. The first kappa shape index (κ1) is 26.7. The van der Waals surface area contributed by atoms with Crippen LogP contribution in [0.4, 0.5) is 22.7 Å². The average Bonchev–Trinajstić information content (AvgIpc) is 3.28. The number of nitrogens with zero attached hydrogens (tertiary/aromatic N) is 3. The fraction of sp³-hybridized carbons (Fsp3) is 0.241. The molecule has 206 valence electrons. The van der Waals surface area contributed by atoms with E-state index in [2.05, 4.69) is 10.6 Å². The molecule has 2 amide bonds. The number of nitro groups is 1. The third-order valence-electron chi connectivity index (χ3n) is 6.71. The number of ether oxygens (including phenoxy) is 2. The molecule has 3 aromatic carbocycles. The first-order valence-electron chi connectivity index (χ1n) is 12.7. The Kier molecular flexibility index (Phi) is 7.39. The van der Waals surface area contributed by atoms with Gasteiger partial charge in [0.2, 0.25) is 5.91 Å². The Bertz CT molecular complexity index is 1520. The van der Waals surface area contributed by atoms with E-state index in [-0.39, 0.29) is 11.6 Å². The summed E-state index contributed by atoms with van der Waals surface area (Å²) in [6.07, 6.45) is 0.399. The first-order valence-corrected chi connectivity index (χ1v) is 12.7. The summed E-state index contributed by atoms with van der Waals surface area (Å²) in [5.41, 5.74) is 3.69. The molecule has 0 bridgehead atoms. The number of nitro benzene ring substituents is 1. The van der Waals surface area contributed by atoms with Crippen LogP contribution in [0.1, 0.15) is 17.5 Å². The Labute approximate surface area is 231 Å². The number of fused-ring (bicyclic) bond motifs is 2. The number of rotatable bonds is 8. The summed E-state index contributed by atoms with van der Waals surface area (Å²) in [5, 5.41) is 17.4. The SMILES string of the molecule is CN(C)CCC(=O)N(C)c1ccc(N/C(=C2\C(=O)Nc3cc([N+](=O)[O-])ccc32)c2ccc3c(c2)OCCO3)cc1. The molecule has 3 aromatic rings. The van der Waals surface area contributed by atoms with E-state index in [9.17, 15) is 19.7 Å². The van der Waals surface area contributed by atoms with Crippen molar-refractivity contribution in [1.82, 2.24) is 4.90 Å². The lowest BCUT2D eigenvalue weighted by Gasteiger charge is -2.21. The molecule has 0 saturated heterocycles. The summed E-state index contributed by atoms with van der Waals surface area (Å²) >= 11 is 0. The Morgan fingerprint density at radius 1 is 1.00 bits per heavy atom. The van der Waals surface area contributed by atoms with Crippen LogP contribution < -0.4 is 25.0 Å². The van der Waals surface area contributed by atoms with Crippen molar-refractivity contribution in [2.75, 3.05) is 56.4 Å². The third-order valence-corrected chi connectivity index (χ3v) is 6.71. The van der Waals surface area contributed by atoms with E-state index in [0.717, 1.165) is 5.69 Å². The molecule has 0 aromatic heterocycles. The summed E-state index contributed by atoms with van der Waals surface area (Å²) in [6, 6.07) is 17.0. The summed E-state index contributed by atoms with van der Waals surface area (Å²) in [4.78, 5) is 40.2. The number of hydrogen-bond acceptors (Lipinski definition) is 8. The Balaban J connectivity index is 1.52. The summed E-state index contributed by atoms with van der Waals surface area (Å²) in [6.45, 7) is 1.51. The number of nitrogens with one attached hydrogen (secondary N) is 2. The lowest BCUT2D eigenvalue weighted by Crippen LogP contribution is -2.29. The van der Waals surface area contributed by atoms with Crippen LogP contribution in [0.25, 0.3) is 11.3 Å². The molecular weight excluding hydrogens is 514 g/mol. The van der Waals surface area contributed by atoms with Crippen LogP contribution >= 0.6 is 0 Å². The van der Waals surface area contributed by atoms with Gasteiger partial charge in [0.25, 0.3) is 11.6 Å². The van der Waals surface area contributed by atoms with Gasteiger partial charge in [-0.05, 0) is 62.6 Å². The fourth-order valence-electron chi connectivity index (χ4n) is 4.54. The number of anilines is 3. The average molecular weight is 544 g/mol. The molecule has 11 heteroatoms. The second kappa shape index (κ2) is 11.1. The minimum atomic E-state index is -0.502. The zero-order chi connectivity index (χ0) is 28.4. The van der Waals surface area contributed by atoms with E-state index in [1.165, 1.54) is 12.1 Å². The molecule has 0 atom stereocenters. The van der Waals surface area contributed by atoms with Gasteiger partial charge in [-0.25, -0.2) is 0 Å². The van der Waals surface area contributed by atoms with Gasteiger partial charge >= 0.3 is 0 Å². The van der Waals surface area contributed by atoms with Gasteiger partial charge in [-0.1, -0.05) is 0 Å². The summed E-state index contributed by atoms with van der Waals surface area (Å²) in [5.74, 6) is 0.773. The van der Waals surface area contributed by atoms with Gasteiger partial charge in [-0.2, -0.15) is 0 Å². The Morgan fingerprint density at radius 3 is 2.42 bits per heavy atom. The molecule has 0 saturated carbocycles. The fourth-order valence-corrected chi connectivity index (χ4v) is 4.54. The maximum atomic E-state index is 13.3. The third kappa shape index (κ3) is 5.45. The van der Waals surface area contributed by atoms with Gasteiger partial charge in [-0.15, -0.1) is 0 Å². The van der Waals surface area contributed by atoms with E-state index in [1.54, 1.807) is 30.1 Å². The molecule has 2 aliphatic rings. The number of benzene rings is 3. The van der Waals surface area contributed by atoms with Gasteiger partial charge in [0, 0.05) is 54.6 Å². The number of non-ortho nitro benzene ring substituents is 1. The smallest absolute Gasteiger partial charge is 0.271 e. The van der Waals surface area contributed by atoms with Crippen molar-refractivity contribution in [2.45, 2.75) is 6.42 Å². The molecule has 2 heterocycles. The molecule has 40 heavy (non-hydrogen) atoms. The van der Waals surface area contributed by atoms with E-state index in [0.29, 0.717) is 71.5 Å². The molecule has 0 spiro atoms. The van der Waals surface area contributed by atoms with Crippen molar-refractivity contribution >= 4 is 45.8 Å². The van der Waals surface area contributed by atoms with Crippen LogP contribution in [-0.2, 0) is 9.59 Å². The van der Waals surface area contributed by atoms with Crippen LogP contribution in [-0.4, -0.2) is 62.5 Å². The molecule has 5 rings (SSSR count). The molecule has 0 radical (unpaired) electrons. The van der Waals surface area contributed by atoms with E-state index in [4.69, 9.17) is 9.47 Å². The highest BCUT2D eigenvalue weighted by Crippen LogP contribution is 2.41. The highest BCUT2D eigenvalue weighted by Gasteiger charge is 2.30. The summed E-state index contributed by atoms with van der Waals surface area (Å²) < 4.78 is 11.4. The van der Waals surface area contributed by atoms with E-state index in [1.807, 2.05) is 49.3 Å². The number of carbonyl (C=O) groups excluding carboxylic acids is 2. The predicted octanol–water partition coefficient (Wildman–Crippen LogP) is 4.21. The standard InChI is InChI=1S/C29H29N5O6/c1-32(2)13-12-26(35)33(3)20-7-5-19(6-8-20)30-28(18-4-11-24-25(16-18)40-15-14-39-24)27-22-10-9-21(34(37)38)17-23(22)31-29(27)36/h4-11,16-17,30H,12-15H2,1-3H3,(H,31,36)/b28-27-. The minimum Gasteiger partial charge on any atom is -0.486 e. The van der Waals surface area contributed by atoms with Crippen molar-refractivity contribution in [3.63, 3.8) is 0 Å². The monoisotopic (exact) mass is 543 g/mol. The van der Waals surface area contributed by atoms with Crippen molar-refractivity contribution < 1.29 is 24.0 Å². The first-order chi connectivity index (χ1) is 19.2. The maximum Gasteiger partial charge on any atom is 0.271 e. The molecule has 0 aliphatic carbocycles. The van der Waals surface area contributed by atoms with Crippen LogP contribution in [0.15, 0.2) is 60.7 Å². The van der Waals surface area contributed by atoms with Crippen LogP contribution in [0, 0.1) is 10.1 Å². The highest BCUT2D eigenvalue weighted by molar-refractivity contribution is 6.37. The zero-order valence-corrected chi connectivity index (χ0v) is 22.4. The van der Waals surface area contributed by atoms with Gasteiger partial charge in [0.05, 0.1) is 21.9 Å². The van der Waals surface area contributed by atoms with Crippen molar-refractivity contribution in [3.8, 4) is 11.5 Å². The van der Waals surface area contributed by atoms with E-state index >= 15 is 0 Å². The number of hydrogen-bond donors (Lipinski definition) is 2. The van der Waals surface area contributed by atoms with Crippen LogP contribution in [0.2, 0.25) is 0 Å². The highest BCUT2D eigenvalue weighted by atomic mass is 16.6. The minimum absolute atomic E-state index is 0.00169. The maximum absolute atomic E-state index is 13.3. The lowest BCUT2D eigenvalue weighted by atomic mass is 9.99. The zero-order valence-electron chi connectivity index (χ0n) is 22.4. The second-order valence-electron chi connectivity index (χ2n) is 9.73. The van der Waals surface area contributed by atoms with Crippen LogP contribution in [0.5, 0.6) is 11.5 Å². The molecule has 2 N–H and O–H groups in total. The summed E-state index contributed by atoms with van der Waals surface area (Å²) in [7, 11) is 5.58. The molecule has 11 nitrogen and oxygen atoms in total. The normalized spacial score (nSPS) is 14.8. The molecule has 2 aliphatic heterocycles. The van der Waals surface area contributed by atoms with E-state index < -0.39 is 10.8 Å². The topological polar surface area (TPSA) is 126 Å². The van der Waals surface area contributed by atoms with Gasteiger partial charge < -0.3 is 29.9 Å². The lowest BCUT2D eigenvalue weighted by molar-refractivity contribution is -0.384. The molecule has 0 unspecified atom stereocenters. The number of amides is 2.